The van der Waals surface area contributed by atoms with E-state index in [0.717, 1.165) is 21.9 Å². The molecule has 0 saturated heterocycles. The van der Waals surface area contributed by atoms with Crippen LogP contribution in [0.2, 0.25) is 0 Å². The molecular formula is C55H34O. The molecule has 1 aliphatic carbocycles. The highest BCUT2D eigenvalue weighted by molar-refractivity contribution is 6.16. The lowest BCUT2D eigenvalue weighted by Gasteiger charge is -2.34. The number of hydrogen-bond acceptors (Lipinski definition) is 1. The van der Waals surface area contributed by atoms with E-state index in [4.69, 9.17) is 4.42 Å². The van der Waals surface area contributed by atoms with Crippen molar-refractivity contribution in [1.82, 2.24) is 0 Å². The minimum absolute atomic E-state index is 0.546. The van der Waals surface area contributed by atoms with Crippen molar-refractivity contribution in [3.8, 4) is 33.4 Å². The van der Waals surface area contributed by atoms with Crippen LogP contribution in [0.25, 0.3) is 87.6 Å². The average Bonchev–Trinajstić information content (AvgIpc) is 3.79. The molecule has 0 bridgehead atoms. The van der Waals surface area contributed by atoms with Crippen LogP contribution in [0.15, 0.2) is 211 Å². The van der Waals surface area contributed by atoms with Crippen molar-refractivity contribution >= 4 is 54.3 Å². The monoisotopic (exact) mass is 710 g/mol. The van der Waals surface area contributed by atoms with Crippen LogP contribution in [0.3, 0.4) is 0 Å². The lowest BCUT2D eigenvalue weighted by atomic mass is 9.67. The predicted octanol–water partition coefficient (Wildman–Crippen LogP) is 14.7. The molecule has 0 saturated carbocycles. The first-order chi connectivity index (χ1) is 27.8. The predicted molar refractivity (Wildman–Crippen MR) is 234 cm³/mol. The smallest absolute Gasteiger partial charge is 0.136 e. The third-order valence-electron chi connectivity index (χ3n) is 12.3. The van der Waals surface area contributed by atoms with Gasteiger partial charge in [0.2, 0.25) is 0 Å². The van der Waals surface area contributed by atoms with E-state index in [-0.39, 0.29) is 0 Å². The number of rotatable bonds is 4. The molecule has 11 aromatic rings. The molecule has 1 heteroatoms. The maximum absolute atomic E-state index is 6.57. The van der Waals surface area contributed by atoms with Gasteiger partial charge in [0.15, 0.2) is 0 Å². The van der Waals surface area contributed by atoms with E-state index in [1.54, 1.807) is 0 Å². The normalized spacial score (nSPS) is 13.1. The Balaban J connectivity index is 1.18. The molecule has 1 heterocycles. The van der Waals surface area contributed by atoms with Crippen LogP contribution in [0.1, 0.15) is 22.3 Å². The van der Waals surface area contributed by atoms with Gasteiger partial charge in [-0.1, -0.05) is 182 Å². The Morgan fingerprint density at radius 2 is 0.929 bits per heavy atom. The highest BCUT2D eigenvalue weighted by atomic mass is 16.3. The minimum atomic E-state index is -0.546. The average molecular weight is 711 g/mol. The first-order valence-electron chi connectivity index (χ1n) is 19.4. The molecule has 0 radical (unpaired) electrons. The Bertz CT molecular complexity index is 3310. The molecule has 0 spiro atoms. The van der Waals surface area contributed by atoms with E-state index in [2.05, 4.69) is 206 Å². The zero-order chi connectivity index (χ0) is 36.8. The fourth-order valence-corrected chi connectivity index (χ4v) is 9.96. The van der Waals surface area contributed by atoms with Crippen molar-refractivity contribution in [1.29, 1.82) is 0 Å². The maximum Gasteiger partial charge on any atom is 0.136 e. The van der Waals surface area contributed by atoms with Crippen molar-refractivity contribution < 1.29 is 4.42 Å². The lowest BCUT2D eigenvalue weighted by molar-refractivity contribution is 0.669. The van der Waals surface area contributed by atoms with Crippen molar-refractivity contribution in [2.45, 2.75) is 5.41 Å². The van der Waals surface area contributed by atoms with Crippen LogP contribution in [-0.2, 0) is 5.41 Å². The molecule has 1 aliphatic rings. The van der Waals surface area contributed by atoms with Gasteiger partial charge in [-0.15, -0.1) is 0 Å². The van der Waals surface area contributed by atoms with Gasteiger partial charge in [-0.25, -0.2) is 0 Å². The Labute approximate surface area is 324 Å². The van der Waals surface area contributed by atoms with E-state index in [1.165, 1.54) is 88.0 Å². The molecule has 0 N–H and O–H groups in total. The molecule has 56 heavy (non-hydrogen) atoms. The summed E-state index contributed by atoms with van der Waals surface area (Å²) in [5.74, 6) is 0. The standard InChI is InChI=1S/C55H34O/c1-3-18-39(19-4-1)55(40-20-5-2-6-21-40)49-31-30-45-44(43-24-11-17-35-14-9-10-22-41(35)43)25-12-26-46(45)53(49)47-29-28-38(33-50(47)55)42-23-13-27-51-54(42)48-32-36-15-7-8-16-37(36)34-52(48)56-51/h1-34H. The first-order valence-corrected chi connectivity index (χ1v) is 19.4. The topological polar surface area (TPSA) is 13.1 Å². The molecule has 10 aromatic carbocycles. The quantitative estimate of drug-likeness (QED) is 0.177. The third kappa shape index (κ3) is 4.31. The van der Waals surface area contributed by atoms with Gasteiger partial charge in [-0.3, -0.25) is 0 Å². The van der Waals surface area contributed by atoms with Gasteiger partial charge in [-0.2, -0.15) is 0 Å². The van der Waals surface area contributed by atoms with Gasteiger partial charge in [-0.05, 0) is 112 Å². The molecule has 0 atom stereocenters. The summed E-state index contributed by atoms with van der Waals surface area (Å²) >= 11 is 0. The summed E-state index contributed by atoms with van der Waals surface area (Å²) in [6.07, 6.45) is 0. The van der Waals surface area contributed by atoms with Crippen LogP contribution in [0.5, 0.6) is 0 Å². The van der Waals surface area contributed by atoms with Gasteiger partial charge in [0.05, 0.1) is 5.41 Å². The lowest BCUT2D eigenvalue weighted by Crippen LogP contribution is -2.28. The molecule has 0 amide bonds. The molecule has 1 nitrogen and oxygen atoms in total. The van der Waals surface area contributed by atoms with E-state index in [9.17, 15) is 0 Å². The number of benzene rings is 10. The summed E-state index contributed by atoms with van der Waals surface area (Å²) in [6, 6.07) is 76.0. The fraction of sp³-hybridized carbons (Fsp3) is 0.0182. The minimum Gasteiger partial charge on any atom is -0.456 e. The third-order valence-corrected chi connectivity index (χ3v) is 12.3. The van der Waals surface area contributed by atoms with E-state index < -0.39 is 5.41 Å². The van der Waals surface area contributed by atoms with Gasteiger partial charge >= 0.3 is 0 Å². The molecule has 260 valence electrons. The van der Waals surface area contributed by atoms with E-state index in [0.29, 0.717) is 0 Å². The summed E-state index contributed by atoms with van der Waals surface area (Å²) in [5.41, 5.74) is 13.8. The second-order valence-electron chi connectivity index (χ2n) is 15.1. The van der Waals surface area contributed by atoms with E-state index >= 15 is 0 Å². The summed E-state index contributed by atoms with van der Waals surface area (Å²) in [4.78, 5) is 0. The number of furan rings is 1. The van der Waals surface area contributed by atoms with Crippen molar-refractivity contribution in [2.24, 2.45) is 0 Å². The molecule has 12 rings (SSSR count). The summed E-state index contributed by atoms with van der Waals surface area (Å²) in [5, 5.41) is 9.74. The van der Waals surface area contributed by atoms with Crippen LogP contribution >= 0.6 is 0 Å². The SMILES string of the molecule is c1ccc(C2(c3ccccc3)c3cc(-c4cccc5oc6cc7ccccc7cc6c45)ccc3-c3c2ccc2c(-c4cccc5ccccc45)cccc32)cc1. The Hall–Kier alpha value is -7.22. The molecule has 0 aliphatic heterocycles. The molecular weight excluding hydrogens is 677 g/mol. The Morgan fingerprint density at radius 1 is 0.321 bits per heavy atom. The van der Waals surface area contributed by atoms with Crippen molar-refractivity contribution in [3.05, 3.63) is 229 Å². The van der Waals surface area contributed by atoms with Gasteiger partial charge in [0.25, 0.3) is 0 Å². The Kier molecular flexibility index (Phi) is 6.62. The largest absolute Gasteiger partial charge is 0.456 e. The summed E-state index contributed by atoms with van der Waals surface area (Å²) in [7, 11) is 0. The highest BCUT2D eigenvalue weighted by Gasteiger charge is 2.47. The number of fused-ring (bicyclic) bond motifs is 10. The van der Waals surface area contributed by atoms with Crippen molar-refractivity contribution in [3.63, 3.8) is 0 Å². The van der Waals surface area contributed by atoms with Crippen molar-refractivity contribution in [2.75, 3.05) is 0 Å². The molecule has 0 unspecified atom stereocenters. The second kappa shape index (κ2) is 11.9. The molecule has 1 aromatic heterocycles. The van der Waals surface area contributed by atoms with Crippen LogP contribution in [0, 0.1) is 0 Å². The van der Waals surface area contributed by atoms with Crippen LogP contribution in [-0.4, -0.2) is 0 Å². The zero-order valence-electron chi connectivity index (χ0n) is 30.5. The number of hydrogen-bond donors (Lipinski definition) is 0. The fourth-order valence-electron chi connectivity index (χ4n) is 9.96. The zero-order valence-corrected chi connectivity index (χ0v) is 30.5. The summed E-state index contributed by atoms with van der Waals surface area (Å²) < 4.78 is 6.57. The van der Waals surface area contributed by atoms with E-state index in [1.807, 2.05) is 0 Å². The van der Waals surface area contributed by atoms with Gasteiger partial charge in [0.1, 0.15) is 11.2 Å². The van der Waals surface area contributed by atoms with Gasteiger partial charge in [0, 0.05) is 10.8 Å². The summed E-state index contributed by atoms with van der Waals surface area (Å²) in [6.45, 7) is 0. The molecule has 0 fully saturated rings. The second-order valence-corrected chi connectivity index (χ2v) is 15.1. The maximum atomic E-state index is 6.57. The first kappa shape index (κ1) is 31.2. The van der Waals surface area contributed by atoms with Crippen LogP contribution in [0.4, 0.5) is 0 Å². The van der Waals surface area contributed by atoms with Gasteiger partial charge < -0.3 is 4.42 Å². The van der Waals surface area contributed by atoms with Crippen LogP contribution < -0.4 is 0 Å². The Morgan fingerprint density at radius 3 is 1.71 bits per heavy atom. The highest BCUT2D eigenvalue weighted by Crippen LogP contribution is 2.59.